The fourth-order valence-corrected chi connectivity index (χ4v) is 2.25. The molecule has 0 amide bonds. The number of halogens is 2. The Bertz CT molecular complexity index is 586. The van der Waals surface area contributed by atoms with Gasteiger partial charge >= 0.3 is 0 Å². The predicted molar refractivity (Wildman–Crippen MR) is 78.1 cm³/mol. The molecule has 2 rings (SSSR count). The van der Waals surface area contributed by atoms with Crippen molar-refractivity contribution in [2.45, 2.75) is 13.5 Å². The Morgan fingerprint density at radius 1 is 1.16 bits per heavy atom. The molecule has 4 heteroatoms. The van der Waals surface area contributed by atoms with Gasteiger partial charge in [0.2, 0.25) is 0 Å². The van der Waals surface area contributed by atoms with Crippen molar-refractivity contribution in [1.29, 1.82) is 0 Å². The van der Waals surface area contributed by atoms with Crippen LogP contribution < -0.4 is 10.1 Å². The van der Waals surface area contributed by atoms with Crippen molar-refractivity contribution in [3.8, 4) is 11.5 Å². The Morgan fingerprint density at radius 3 is 2.63 bits per heavy atom. The molecule has 2 aromatic rings. The van der Waals surface area contributed by atoms with Gasteiger partial charge in [0, 0.05) is 12.6 Å². The lowest BCUT2D eigenvalue weighted by Crippen LogP contribution is -2.04. The van der Waals surface area contributed by atoms with Crippen LogP contribution in [-0.4, -0.2) is 7.05 Å². The minimum Gasteiger partial charge on any atom is -0.456 e. The van der Waals surface area contributed by atoms with E-state index in [2.05, 4.69) is 21.2 Å². The summed E-state index contributed by atoms with van der Waals surface area (Å²) >= 11 is 3.47. The highest BCUT2D eigenvalue weighted by atomic mass is 79.9. The van der Waals surface area contributed by atoms with Crippen LogP contribution in [0.25, 0.3) is 0 Å². The predicted octanol–water partition coefficient (Wildman–Crippen LogP) is 4.41. The van der Waals surface area contributed by atoms with Gasteiger partial charge in [-0.05, 0) is 59.2 Å². The van der Waals surface area contributed by atoms with E-state index in [4.69, 9.17) is 4.74 Å². The van der Waals surface area contributed by atoms with E-state index in [1.807, 2.05) is 32.2 Å². The third kappa shape index (κ3) is 3.55. The molecule has 19 heavy (non-hydrogen) atoms. The molecule has 0 fully saturated rings. The number of ether oxygens (including phenoxy) is 1. The summed E-state index contributed by atoms with van der Waals surface area (Å²) in [6.45, 7) is 2.68. The zero-order valence-corrected chi connectivity index (χ0v) is 12.4. The maximum atomic E-state index is 13.2. The van der Waals surface area contributed by atoms with Crippen LogP contribution >= 0.6 is 15.9 Å². The second kappa shape index (κ2) is 6.17. The number of hydrogen-bond donors (Lipinski definition) is 1. The van der Waals surface area contributed by atoms with Crippen molar-refractivity contribution in [2.24, 2.45) is 0 Å². The molecule has 0 bridgehead atoms. The highest BCUT2D eigenvalue weighted by Crippen LogP contribution is 2.32. The minimum atomic E-state index is -0.302. The fraction of sp³-hybridized carbons (Fsp3) is 0.200. The first kappa shape index (κ1) is 14.0. The normalized spacial score (nSPS) is 10.5. The lowest BCUT2D eigenvalue weighted by Gasteiger charge is -2.11. The average molecular weight is 324 g/mol. The molecule has 1 N–H and O–H groups in total. The quantitative estimate of drug-likeness (QED) is 0.899. The zero-order valence-electron chi connectivity index (χ0n) is 10.8. The first-order chi connectivity index (χ1) is 9.10. The number of hydrogen-bond acceptors (Lipinski definition) is 2. The molecule has 0 aliphatic heterocycles. The maximum Gasteiger partial charge on any atom is 0.141 e. The van der Waals surface area contributed by atoms with Gasteiger partial charge in [-0.3, -0.25) is 0 Å². The van der Waals surface area contributed by atoms with Gasteiger partial charge in [-0.15, -0.1) is 0 Å². The fourth-order valence-electron chi connectivity index (χ4n) is 1.74. The first-order valence-electron chi connectivity index (χ1n) is 5.97. The zero-order chi connectivity index (χ0) is 13.8. The minimum absolute atomic E-state index is 0.302. The van der Waals surface area contributed by atoms with E-state index in [9.17, 15) is 4.39 Å². The van der Waals surface area contributed by atoms with Gasteiger partial charge in [0.05, 0.1) is 4.47 Å². The van der Waals surface area contributed by atoms with Crippen LogP contribution in [-0.2, 0) is 6.54 Å². The average Bonchev–Trinajstić information content (AvgIpc) is 2.37. The third-order valence-corrected chi connectivity index (χ3v) is 3.37. The standard InChI is InChI=1S/C15H15BrFNO/c1-10-3-5-12(17)8-15(10)19-14-6-4-11(9-18-2)7-13(14)16/h3-8,18H,9H2,1-2H3. The lowest BCUT2D eigenvalue weighted by molar-refractivity contribution is 0.470. The van der Waals surface area contributed by atoms with E-state index >= 15 is 0 Å². The Morgan fingerprint density at radius 2 is 1.95 bits per heavy atom. The third-order valence-electron chi connectivity index (χ3n) is 2.75. The SMILES string of the molecule is CNCc1ccc(Oc2cc(F)ccc2C)c(Br)c1. The van der Waals surface area contributed by atoms with Crippen molar-refractivity contribution in [3.63, 3.8) is 0 Å². The Hall–Kier alpha value is -1.39. The maximum absolute atomic E-state index is 13.2. The second-order valence-electron chi connectivity index (χ2n) is 4.31. The molecule has 0 aromatic heterocycles. The van der Waals surface area contributed by atoms with Gasteiger partial charge in [-0.1, -0.05) is 12.1 Å². The van der Waals surface area contributed by atoms with E-state index in [1.54, 1.807) is 6.07 Å². The molecule has 100 valence electrons. The molecular weight excluding hydrogens is 309 g/mol. The number of aryl methyl sites for hydroxylation is 1. The van der Waals surface area contributed by atoms with Crippen LogP contribution in [0.3, 0.4) is 0 Å². The molecule has 2 nitrogen and oxygen atoms in total. The molecule has 0 unspecified atom stereocenters. The Labute approximate surface area is 120 Å². The lowest BCUT2D eigenvalue weighted by atomic mass is 10.2. The highest BCUT2D eigenvalue weighted by molar-refractivity contribution is 9.10. The Kier molecular flexibility index (Phi) is 4.56. The van der Waals surface area contributed by atoms with Gasteiger partial charge < -0.3 is 10.1 Å². The molecule has 0 aliphatic carbocycles. The van der Waals surface area contributed by atoms with Gasteiger partial charge in [0.15, 0.2) is 0 Å². The van der Waals surface area contributed by atoms with Crippen LogP contribution in [0.1, 0.15) is 11.1 Å². The van der Waals surface area contributed by atoms with E-state index in [0.29, 0.717) is 11.5 Å². The van der Waals surface area contributed by atoms with Gasteiger partial charge in [-0.25, -0.2) is 4.39 Å². The topological polar surface area (TPSA) is 21.3 Å². The van der Waals surface area contributed by atoms with Crippen LogP contribution in [0, 0.1) is 12.7 Å². The molecule has 0 saturated heterocycles. The van der Waals surface area contributed by atoms with Crippen LogP contribution in [0.2, 0.25) is 0 Å². The van der Waals surface area contributed by atoms with Crippen molar-refractivity contribution in [2.75, 3.05) is 7.05 Å². The summed E-state index contributed by atoms with van der Waals surface area (Å²) in [6.07, 6.45) is 0. The summed E-state index contributed by atoms with van der Waals surface area (Å²) in [6, 6.07) is 10.4. The second-order valence-corrected chi connectivity index (χ2v) is 5.16. The number of rotatable bonds is 4. The van der Waals surface area contributed by atoms with Crippen LogP contribution in [0.5, 0.6) is 11.5 Å². The highest BCUT2D eigenvalue weighted by Gasteiger charge is 2.07. The molecule has 0 saturated carbocycles. The van der Waals surface area contributed by atoms with E-state index in [0.717, 1.165) is 22.1 Å². The van der Waals surface area contributed by atoms with Crippen molar-refractivity contribution in [3.05, 3.63) is 57.8 Å². The van der Waals surface area contributed by atoms with E-state index in [1.165, 1.54) is 12.1 Å². The van der Waals surface area contributed by atoms with Gasteiger partial charge in [0.25, 0.3) is 0 Å². The van der Waals surface area contributed by atoms with E-state index in [-0.39, 0.29) is 5.82 Å². The molecule has 0 aliphatic rings. The summed E-state index contributed by atoms with van der Waals surface area (Å²) in [5, 5.41) is 3.09. The van der Waals surface area contributed by atoms with Crippen molar-refractivity contribution in [1.82, 2.24) is 5.32 Å². The summed E-state index contributed by atoms with van der Waals surface area (Å²) in [5.41, 5.74) is 2.05. The van der Waals surface area contributed by atoms with Crippen molar-refractivity contribution >= 4 is 15.9 Å². The largest absolute Gasteiger partial charge is 0.456 e. The summed E-state index contributed by atoms with van der Waals surface area (Å²) in [7, 11) is 1.90. The molecule has 0 spiro atoms. The van der Waals surface area contributed by atoms with Crippen molar-refractivity contribution < 1.29 is 9.13 Å². The molecule has 0 atom stereocenters. The molecule has 0 heterocycles. The summed E-state index contributed by atoms with van der Waals surface area (Å²) in [4.78, 5) is 0. The number of benzene rings is 2. The Balaban J connectivity index is 2.25. The number of nitrogens with one attached hydrogen (secondary N) is 1. The van der Waals surface area contributed by atoms with Gasteiger partial charge in [-0.2, -0.15) is 0 Å². The smallest absolute Gasteiger partial charge is 0.141 e. The summed E-state index contributed by atoms with van der Waals surface area (Å²) < 4.78 is 19.8. The van der Waals surface area contributed by atoms with Gasteiger partial charge in [0.1, 0.15) is 17.3 Å². The van der Waals surface area contributed by atoms with E-state index < -0.39 is 0 Å². The van der Waals surface area contributed by atoms with Crippen LogP contribution in [0.4, 0.5) is 4.39 Å². The molecule has 2 aromatic carbocycles. The van der Waals surface area contributed by atoms with Crippen LogP contribution in [0.15, 0.2) is 40.9 Å². The first-order valence-corrected chi connectivity index (χ1v) is 6.76. The summed E-state index contributed by atoms with van der Waals surface area (Å²) in [5.74, 6) is 0.902. The monoisotopic (exact) mass is 323 g/mol. The molecule has 0 radical (unpaired) electrons. The molecular formula is C15H15BrFNO.